The molecular formula is C24H26N2O2. The smallest absolute Gasteiger partial charge is 0.246 e. The summed E-state index contributed by atoms with van der Waals surface area (Å²) in [5.41, 5.74) is 1.99. The van der Waals surface area contributed by atoms with Crippen LogP contribution < -0.4 is 0 Å². The summed E-state index contributed by atoms with van der Waals surface area (Å²) in [6.45, 7) is 5.04. The molecule has 28 heavy (non-hydrogen) atoms. The molecule has 2 atom stereocenters. The van der Waals surface area contributed by atoms with Crippen molar-refractivity contribution in [2.24, 2.45) is 0 Å². The standard InChI is InChI=1S/C24H26N2O2/c1-19-17-26(24(28)16-14-22-11-7-4-8-12-22)20(2)18-25(19)23(27)15-13-21-9-5-3-6-10-21/h3-16,19-20H,17-18H2,1-2H3/b15-13+,16-14+/t19-,20-/m0/s1. The Hall–Kier alpha value is -3.14. The van der Waals surface area contributed by atoms with E-state index in [2.05, 4.69) is 0 Å². The first kappa shape index (κ1) is 19.6. The van der Waals surface area contributed by atoms with E-state index in [0.29, 0.717) is 13.1 Å². The van der Waals surface area contributed by atoms with Crippen molar-refractivity contribution in [2.45, 2.75) is 25.9 Å². The van der Waals surface area contributed by atoms with Crippen LogP contribution in [0.3, 0.4) is 0 Å². The number of benzene rings is 2. The van der Waals surface area contributed by atoms with E-state index in [1.807, 2.05) is 96.5 Å². The molecule has 0 N–H and O–H groups in total. The molecule has 1 heterocycles. The first-order chi connectivity index (χ1) is 13.5. The van der Waals surface area contributed by atoms with Crippen molar-refractivity contribution >= 4 is 24.0 Å². The first-order valence-electron chi connectivity index (χ1n) is 9.62. The van der Waals surface area contributed by atoms with E-state index >= 15 is 0 Å². The lowest BCUT2D eigenvalue weighted by molar-refractivity contribution is -0.139. The van der Waals surface area contributed by atoms with Gasteiger partial charge in [-0.15, -0.1) is 0 Å². The van der Waals surface area contributed by atoms with Gasteiger partial charge in [-0.05, 0) is 37.1 Å². The highest BCUT2D eigenvalue weighted by Crippen LogP contribution is 2.17. The third kappa shape index (κ3) is 4.97. The number of piperazine rings is 1. The molecule has 0 aliphatic carbocycles. The molecular weight excluding hydrogens is 348 g/mol. The van der Waals surface area contributed by atoms with Gasteiger partial charge in [0.2, 0.25) is 11.8 Å². The third-order valence-electron chi connectivity index (χ3n) is 4.99. The normalized spacial score (nSPS) is 20.1. The zero-order valence-corrected chi connectivity index (χ0v) is 16.4. The summed E-state index contributed by atoms with van der Waals surface area (Å²) in [5.74, 6) is -0.0368. The number of hydrogen-bond acceptors (Lipinski definition) is 2. The van der Waals surface area contributed by atoms with Gasteiger partial charge in [-0.25, -0.2) is 0 Å². The highest BCUT2D eigenvalue weighted by molar-refractivity contribution is 5.94. The zero-order chi connectivity index (χ0) is 19.9. The Labute approximate surface area is 166 Å². The van der Waals surface area contributed by atoms with E-state index in [1.165, 1.54) is 0 Å². The second-order valence-electron chi connectivity index (χ2n) is 7.17. The monoisotopic (exact) mass is 374 g/mol. The fourth-order valence-electron chi connectivity index (χ4n) is 3.40. The average Bonchev–Trinajstić information content (AvgIpc) is 2.73. The summed E-state index contributed by atoms with van der Waals surface area (Å²) < 4.78 is 0. The molecule has 3 rings (SSSR count). The lowest BCUT2D eigenvalue weighted by Crippen LogP contribution is -2.59. The van der Waals surface area contributed by atoms with Crippen LogP contribution in [-0.4, -0.2) is 46.8 Å². The Morgan fingerprint density at radius 3 is 1.43 bits per heavy atom. The van der Waals surface area contributed by atoms with Crippen molar-refractivity contribution in [2.75, 3.05) is 13.1 Å². The van der Waals surface area contributed by atoms with Gasteiger partial charge in [-0.1, -0.05) is 60.7 Å². The van der Waals surface area contributed by atoms with Crippen LogP contribution in [0.15, 0.2) is 72.8 Å². The molecule has 4 nitrogen and oxygen atoms in total. The SMILES string of the molecule is C[C@H]1CN(C(=O)/C=C/c2ccccc2)[C@@H](C)CN1C(=O)/C=C/c1ccccc1. The second-order valence-corrected chi connectivity index (χ2v) is 7.17. The van der Waals surface area contributed by atoms with E-state index in [4.69, 9.17) is 0 Å². The van der Waals surface area contributed by atoms with Gasteiger partial charge in [0.1, 0.15) is 0 Å². The fraction of sp³-hybridized carbons (Fsp3) is 0.250. The lowest BCUT2D eigenvalue weighted by atomic mass is 10.1. The molecule has 1 aliphatic rings. The van der Waals surface area contributed by atoms with Crippen molar-refractivity contribution in [1.82, 2.24) is 9.80 Å². The van der Waals surface area contributed by atoms with Crippen molar-refractivity contribution in [3.8, 4) is 0 Å². The molecule has 0 bridgehead atoms. The van der Waals surface area contributed by atoms with Gasteiger partial charge < -0.3 is 9.80 Å². The molecule has 0 radical (unpaired) electrons. The number of carbonyl (C=O) groups is 2. The summed E-state index contributed by atoms with van der Waals surface area (Å²) in [6.07, 6.45) is 6.90. The van der Waals surface area contributed by atoms with E-state index in [9.17, 15) is 9.59 Å². The molecule has 2 aromatic rings. The minimum absolute atomic E-state index is 0.0184. The summed E-state index contributed by atoms with van der Waals surface area (Å²) in [4.78, 5) is 29.0. The number of nitrogens with zero attached hydrogens (tertiary/aromatic N) is 2. The molecule has 2 amide bonds. The molecule has 1 aliphatic heterocycles. The summed E-state index contributed by atoms with van der Waals surface area (Å²) >= 11 is 0. The fourth-order valence-corrected chi connectivity index (χ4v) is 3.40. The van der Waals surface area contributed by atoms with E-state index in [1.54, 1.807) is 12.2 Å². The molecule has 0 aromatic heterocycles. The van der Waals surface area contributed by atoms with Gasteiger partial charge in [-0.2, -0.15) is 0 Å². The van der Waals surface area contributed by atoms with Crippen LogP contribution in [0.4, 0.5) is 0 Å². The first-order valence-corrected chi connectivity index (χ1v) is 9.62. The zero-order valence-electron chi connectivity index (χ0n) is 16.4. The minimum Gasteiger partial charge on any atom is -0.333 e. The quantitative estimate of drug-likeness (QED) is 0.763. The summed E-state index contributed by atoms with van der Waals surface area (Å²) in [5, 5.41) is 0. The predicted octanol–water partition coefficient (Wildman–Crippen LogP) is 3.86. The lowest BCUT2D eigenvalue weighted by Gasteiger charge is -2.43. The Morgan fingerprint density at radius 2 is 1.07 bits per heavy atom. The van der Waals surface area contributed by atoms with Gasteiger partial charge in [0, 0.05) is 37.3 Å². The molecule has 1 saturated heterocycles. The minimum atomic E-state index is -0.0294. The van der Waals surface area contributed by atoms with Crippen molar-refractivity contribution in [3.05, 3.63) is 83.9 Å². The molecule has 0 unspecified atom stereocenters. The highest BCUT2D eigenvalue weighted by atomic mass is 16.2. The van der Waals surface area contributed by atoms with E-state index < -0.39 is 0 Å². The van der Waals surface area contributed by atoms with Gasteiger partial charge >= 0.3 is 0 Å². The number of hydrogen-bond donors (Lipinski definition) is 0. The van der Waals surface area contributed by atoms with E-state index in [0.717, 1.165) is 11.1 Å². The van der Waals surface area contributed by atoms with Gasteiger partial charge in [-0.3, -0.25) is 9.59 Å². The van der Waals surface area contributed by atoms with E-state index in [-0.39, 0.29) is 23.9 Å². The van der Waals surface area contributed by atoms with Gasteiger partial charge in [0.15, 0.2) is 0 Å². The second kappa shape index (κ2) is 9.18. The number of rotatable bonds is 4. The highest BCUT2D eigenvalue weighted by Gasteiger charge is 2.32. The van der Waals surface area contributed by atoms with Gasteiger partial charge in [0.05, 0.1) is 0 Å². The van der Waals surface area contributed by atoms with Crippen molar-refractivity contribution < 1.29 is 9.59 Å². The molecule has 0 saturated carbocycles. The van der Waals surface area contributed by atoms with Crippen LogP contribution in [0.2, 0.25) is 0 Å². The van der Waals surface area contributed by atoms with Crippen LogP contribution >= 0.6 is 0 Å². The summed E-state index contributed by atoms with van der Waals surface area (Å²) in [7, 11) is 0. The Morgan fingerprint density at radius 1 is 0.714 bits per heavy atom. The largest absolute Gasteiger partial charge is 0.333 e. The van der Waals surface area contributed by atoms with Crippen LogP contribution in [0, 0.1) is 0 Å². The van der Waals surface area contributed by atoms with Gasteiger partial charge in [0.25, 0.3) is 0 Å². The maximum atomic E-state index is 12.6. The molecule has 1 fully saturated rings. The Bertz CT molecular complexity index is 785. The molecule has 0 spiro atoms. The Balaban J connectivity index is 1.61. The maximum Gasteiger partial charge on any atom is 0.246 e. The van der Waals surface area contributed by atoms with Crippen LogP contribution in [0.5, 0.6) is 0 Å². The summed E-state index contributed by atoms with van der Waals surface area (Å²) in [6, 6.07) is 19.5. The van der Waals surface area contributed by atoms with Crippen LogP contribution in [0.1, 0.15) is 25.0 Å². The third-order valence-corrected chi connectivity index (χ3v) is 4.99. The molecule has 4 heteroatoms. The van der Waals surface area contributed by atoms with Crippen LogP contribution in [0.25, 0.3) is 12.2 Å². The number of carbonyl (C=O) groups excluding carboxylic acids is 2. The molecule has 2 aromatic carbocycles. The van der Waals surface area contributed by atoms with Crippen molar-refractivity contribution in [1.29, 1.82) is 0 Å². The Kier molecular flexibility index (Phi) is 6.43. The van der Waals surface area contributed by atoms with Crippen LogP contribution in [-0.2, 0) is 9.59 Å². The topological polar surface area (TPSA) is 40.6 Å². The molecule has 144 valence electrons. The van der Waals surface area contributed by atoms with Crippen molar-refractivity contribution in [3.63, 3.8) is 0 Å². The number of amides is 2. The predicted molar refractivity (Wildman–Crippen MR) is 113 cm³/mol. The average molecular weight is 374 g/mol. The maximum absolute atomic E-state index is 12.6.